The molecule has 74 valence electrons. The van der Waals surface area contributed by atoms with Crippen LogP contribution < -0.4 is 0 Å². The highest BCUT2D eigenvalue weighted by Crippen LogP contribution is 2.51. The Morgan fingerprint density at radius 2 is 1.92 bits per heavy atom. The van der Waals surface area contributed by atoms with Crippen LogP contribution >= 0.6 is 0 Å². The van der Waals surface area contributed by atoms with Crippen LogP contribution in [0.5, 0.6) is 0 Å². The van der Waals surface area contributed by atoms with Gasteiger partial charge in [-0.05, 0) is 49.4 Å². The van der Waals surface area contributed by atoms with E-state index in [-0.39, 0.29) is 6.10 Å². The lowest BCUT2D eigenvalue weighted by Gasteiger charge is -2.26. The molecule has 4 unspecified atom stereocenters. The molecule has 0 saturated heterocycles. The molecule has 0 heterocycles. The first-order chi connectivity index (χ1) is 6.33. The van der Waals surface area contributed by atoms with Crippen LogP contribution in [-0.4, -0.2) is 11.2 Å². The zero-order chi connectivity index (χ0) is 8.84. The number of hydrogen-bond acceptors (Lipinski definition) is 1. The maximum Gasteiger partial charge on any atom is 0.0573 e. The molecule has 3 saturated carbocycles. The molecule has 1 heteroatoms. The molecule has 0 aliphatic heterocycles. The second kappa shape index (κ2) is 2.98. The van der Waals surface area contributed by atoms with Crippen LogP contribution in [0.25, 0.3) is 0 Å². The Morgan fingerprint density at radius 1 is 1.08 bits per heavy atom. The zero-order valence-corrected chi connectivity index (χ0v) is 8.28. The summed E-state index contributed by atoms with van der Waals surface area (Å²) < 4.78 is 0. The van der Waals surface area contributed by atoms with E-state index in [9.17, 15) is 5.11 Å². The fourth-order valence-corrected chi connectivity index (χ4v) is 3.64. The molecule has 0 radical (unpaired) electrons. The quantitative estimate of drug-likeness (QED) is 0.707. The first-order valence-electron chi connectivity index (χ1n) is 6.01. The summed E-state index contributed by atoms with van der Waals surface area (Å²) in [6.07, 6.45) is 9.60. The van der Waals surface area contributed by atoms with Crippen molar-refractivity contribution in [2.45, 2.75) is 51.0 Å². The number of hydrogen-bond donors (Lipinski definition) is 1. The fraction of sp³-hybridized carbons (Fsp3) is 1.00. The lowest BCUT2D eigenvalue weighted by atomic mass is 9.83. The standard InChI is InChI=1S/C12H20O/c13-12(7-8-1-2-8)11-6-9-3-4-10(11)5-9/h8-13H,1-7H2. The van der Waals surface area contributed by atoms with Crippen molar-refractivity contribution < 1.29 is 5.11 Å². The Hall–Kier alpha value is -0.0400. The molecule has 3 rings (SSSR count). The molecule has 1 nitrogen and oxygen atoms in total. The Morgan fingerprint density at radius 3 is 2.46 bits per heavy atom. The predicted molar refractivity (Wildman–Crippen MR) is 52.3 cm³/mol. The third kappa shape index (κ3) is 1.52. The Kier molecular flexibility index (Phi) is 1.90. The highest BCUT2D eigenvalue weighted by Gasteiger charge is 2.43. The minimum absolute atomic E-state index is 0.0581. The van der Waals surface area contributed by atoms with Crippen molar-refractivity contribution in [2.75, 3.05) is 0 Å². The van der Waals surface area contributed by atoms with Gasteiger partial charge in [0.15, 0.2) is 0 Å². The summed E-state index contributed by atoms with van der Waals surface area (Å²) in [6.45, 7) is 0. The van der Waals surface area contributed by atoms with Gasteiger partial charge in [0.2, 0.25) is 0 Å². The Bertz CT molecular complexity index is 197. The van der Waals surface area contributed by atoms with Crippen molar-refractivity contribution in [3.05, 3.63) is 0 Å². The lowest BCUT2D eigenvalue weighted by molar-refractivity contribution is 0.0629. The average Bonchev–Trinajstić information content (AvgIpc) is 2.71. The van der Waals surface area contributed by atoms with E-state index in [1.807, 2.05) is 0 Å². The van der Waals surface area contributed by atoms with E-state index in [1.165, 1.54) is 38.5 Å². The maximum atomic E-state index is 10.1. The fourth-order valence-electron chi connectivity index (χ4n) is 3.64. The van der Waals surface area contributed by atoms with Gasteiger partial charge in [-0.3, -0.25) is 0 Å². The van der Waals surface area contributed by atoms with Crippen LogP contribution in [0.3, 0.4) is 0 Å². The van der Waals surface area contributed by atoms with E-state index in [2.05, 4.69) is 0 Å². The molecule has 0 aromatic rings. The first-order valence-corrected chi connectivity index (χ1v) is 6.01. The van der Waals surface area contributed by atoms with E-state index < -0.39 is 0 Å². The molecule has 0 aromatic heterocycles. The number of aliphatic hydroxyl groups is 1. The van der Waals surface area contributed by atoms with Crippen LogP contribution in [0.1, 0.15) is 44.9 Å². The van der Waals surface area contributed by atoms with Crippen molar-refractivity contribution in [3.8, 4) is 0 Å². The van der Waals surface area contributed by atoms with E-state index in [1.54, 1.807) is 0 Å². The monoisotopic (exact) mass is 180 g/mol. The van der Waals surface area contributed by atoms with Crippen LogP contribution in [0.2, 0.25) is 0 Å². The predicted octanol–water partition coefficient (Wildman–Crippen LogP) is 2.58. The third-order valence-electron chi connectivity index (χ3n) is 4.56. The van der Waals surface area contributed by atoms with Gasteiger partial charge in [0.05, 0.1) is 6.10 Å². The van der Waals surface area contributed by atoms with Gasteiger partial charge in [-0.15, -0.1) is 0 Å². The molecule has 0 amide bonds. The van der Waals surface area contributed by atoms with Crippen molar-refractivity contribution in [2.24, 2.45) is 23.7 Å². The SMILES string of the molecule is OC(CC1CC1)C1CC2CCC1C2. The summed E-state index contributed by atoms with van der Waals surface area (Å²) in [5, 5.41) is 10.1. The Labute approximate surface area is 80.5 Å². The summed E-state index contributed by atoms with van der Waals surface area (Å²) in [6, 6.07) is 0. The smallest absolute Gasteiger partial charge is 0.0573 e. The number of rotatable bonds is 3. The average molecular weight is 180 g/mol. The van der Waals surface area contributed by atoms with Crippen LogP contribution in [-0.2, 0) is 0 Å². The van der Waals surface area contributed by atoms with Crippen LogP contribution in [0.4, 0.5) is 0 Å². The third-order valence-corrected chi connectivity index (χ3v) is 4.56. The lowest BCUT2D eigenvalue weighted by Crippen LogP contribution is -2.25. The minimum Gasteiger partial charge on any atom is -0.393 e. The second-order valence-corrected chi connectivity index (χ2v) is 5.59. The largest absolute Gasteiger partial charge is 0.393 e. The molecule has 0 aromatic carbocycles. The topological polar surface area (TPSA) is 20.2 Å². The Balaban J connectivity index is 1.58. The normalized spacial score (nSPS) is 45.5. The minimum atomic E-state index is 0.0581. The molecule has 3 aliphatic carbocycles. The molecule has 3 fully saturated rings. The van der Waals surface area contributed by atoms with Gasteiger partial charge in [-0.1, -0.05) is 19.3 Å². The van der Waals surface area contributed by atoms with Crippen molar-refractivity contribution in [1.29, 1.82) is 0 Å². The summed E-state index contributed by atoms with van der Waals surface area (Å²) in [5.41, 5.74) is 0. The second-order valence-electron chi connectivity index (χ2n) is 5.59. The van der Waals surface area contributed by atoms with Gasteiger partial charge in [0.1, 0.15) is 0 Å². The molecule has 4 atom stereocenters. The molecular formula is C12H20O. The van der Waals surface area contributed by atoms with Crippen molar-refractivity contribution >= 4 is 0 Å². The van der Waals surface area contributed by atoms with E-state index in [0.717, 1.165) is 24.2 Å². The van der Waals surface area contributed by atoms with Gasteiger partial charge in [0, 0.05) is 0 Å². The highest BCUT2D eigenvalue weighted by molar-refractivity contribution is 4.94. The van der Waals surface area contributed by atoms with Gasteiger partial charge in [0.25, 0.3) is 0 Å². The van der Waals surface area contributed by atoms with Gasteiger partial charge in [-0.2, -0.15) is 0 Å². The highest BCUT2D eigenvalue weighted by atomic mass is 16.3. The summed E-state index contributed by atoms with van der Waals surface area (Å²) in [5.74, 6) is 3.48. The molecule has 13 heavy (non-hydrogen) atoms. The van der Waals surface area contributed by atoms with Gasteiger partial charge in [-0.25, -0.2) is 0 Å². The van der Waals surface area contributed by atoms with Crippen LogP contribution in [0.15, 0.2) is 0 Å². The van der Waals surface area contributed by atoms with Crippen LogP contribution in [0, 0.1) is 23.7 Å². The van der Waals surface area contributed by atoms with Crippen molar-refractivity contribution in [3.63, 3.8) is 0 Å². The molecule has 0 spiro atoms. The molecular weight excluding hydrogens is 160 g/mol. The number of fused-ring (bicyclic) bond motifs is 2. The summed E-state index contributed by atoms with van der Waals surface area (Å²) in [4.78, 5) is 0. The maximum absolute atomic E-state index is 10.1. The molecule has 3 aliphatic rings. The van der Waals surface area contributed by atoms with E-state index in [4.69, 9.17) is 0 Å². The molecule has 1 N–H and O–H groups in total. The van der Waals surface area contributed by atoms with Gasteiger partial charge >= 0.3 is 0 Å². The molecule has 2 bridgehead atoms. The summed E-state index contributed by atoms with van der Waals surface area (Å²) >= 11 is 0. The zero-order valence-electron chi connectivity index (χ0n) is 8.28. The van der Waals surface area contributed by atoms with Crippen molar-refractivity contribution in [1.82, 2.24) is 0 Å². The van der Waals surface area contributed by atoms with E-state index in [0.29, 0.717) is 5.92 Å². The summed E-state index contributed by atoms with van der Waals surface area (Å²) in [7, 11) is 0. The van der Waals surface area contributed by atoms with E-state index >= 15 is 0 Å². The van der Waals surface area contributed by atoms with Gasteiger partial charge < -0.3 is 5.11 Å². The first kappa shape index (κ1) is 8.28. The number of aliphatic hydroxyl groups excluding tert-OH is 1.